The van der Waals surface area contributed by atoms with Crippen LogP contribution in [0.2, 0.25) is 0 Å². The van der Waals surface area contributed by atoms with Gasteiger partial charge in [0.25, 0.3) is 0 Å². The minimum absolute atomic E-state index is 0.0418. The zero-order valence-electron chi connectivity index (χ0n) is 16.6. The van der Waals surface area contributed by atoms with Crippen molar-refractivity contribution in [2.24, 2.45) is 5.92 Å². The van der Waals surface area contributed by atoms with E-state index in [9.17, 15) is 4.79 Å². The van der Waals surface area contributed by atoms with Crippen LogP contribution in [0.3, 0.4) is 0 Å². The van der Waals surface area contributed by atoms with Crippen molar-refractivity contribution in [3.05, 3.63) is 36.0 Å². The molecule has 6 nitrogen and oxygen atoms in total. The maximum absolute atomic E-state index is 12.7. The van der Waals surface area contributed by atoms with Crippen molar-refractivity contribution < 1.29 is 4.79 Å². The van der Waals surface area contributed by atoms with Gasteiger partial charge >= 0.3 is 0 Å². The standard InChI is InChI=1S/C21H27N5OS/c1-13(22)28-20(23)15-4-5-16-12-24-19(11-17(16)10-15)25-21(27)14-6-8-18(9-7-14)26(2)3/h4-5,10-12,14,18,22-23H,6-9H2,1-3H3,(H,24,25,27). The van der Waals surface area contributed by atoms with Gasteiger partial charge in [0, 0.05) is 29.1 Å². The largest absolute Gasteiger partial charge is 0.310 e. The molecule has 0 aliphatic heterocycles. The molecule has 1 aromatic carbocycles. The Morgan fingerprint density at radius 3 is 2.50 bits per heavy atom. The molecular formula is C21H27N5OS. The van der Waals surface area contributed by atoms with Gasteiger partial charge in [0.1, 0.15) is 10.9 Å². The fourth-order valence-electron chi connectivity index (χ4n) is 3.65. The Morgan fingerprint density at radius 2 is 1.86 bits per heavy atom. The third kappa shape index (κ3) is 4.97. The normalized spacial score (nSPS) is 19.6. The molecule has 2 aromatic rings. The number of amides is 1. The third-order valence-corrected chi connectivity index (χ3v) is 6.03. The van der Waals surface area contributed by atoms with Crippen LogP contribution in [0.4, 0.5) is 5.82 Å². The number of nitrogens with zero attached hydrogens (tertiary/aromatic N) is 2. The molecule has 1 aromatic heterocycles. The average molecular weight is 398 g/mol. The zero-order valence-corrected chi connectivity index (χ0v) is 17.4. The number of thioether (sulfide) groups is 1. The van der Waals surface area contributed by atoms with Crippen molar-refractivity contribution >= 4 is 44.3 Å². The second-order valence-corrected chi connectivity index (χ2v) is 8.80. The lowest BCUT2D eigenvalue weighted by atomic mass is 9.85. The molecule has 7 heteroatoms. The van der Waals surface area contributed by atoms with E-state index in [-0.39, 0.29) is 11.8 Å². The van der Waals surface area contributed by atoms with Gasteiger partial charge in [0.05, 0.1) is 5.04 Å². The number of carbonyl (C=O) groups is 1. The predicted octanol–water partition coefficient (Wildman–Crippen LogP) is 4.35. The van der Waals surface area contributed by atoms with Crippen LogP contribution in [0.5, 0.6) is 0 Å². The summed E-state index contributed by atoms with van der Waals surface area (Å²) in [6.07, 6.45) is 5.65. The van der Waals surface area contributed by atoms with Gasteiger partial charge in [-0.05, 0) is 64.2 Å². The van der Waals surface area contributed by atoms with E-state index in [1.807, 2.05) is 24.3 Å². The van der Waals surface area contributed by atoms with E-state index in [0.29, 0.717) is 21.9 Å². The van der Waals surface area contributed by atoms with Crippen LogP contribution in [0.25, 0.3) is 10.8 Å². The highest BCUT2D eigenvalue weighted by Gasteiger charge is 2.27. The van der Waals surface area contributed by atoms with Gasteiger partial charge in [-0.2, -0.15) is 0 Å². The van der Waals surface area contributed by atoms with Gasteiger partial charge < -0.3 is 10.2 Å². The lowest BCUT2D eigenvalue weighted by Gasteiger charge is -2.31. The Kier molecular flexibility index (Phi) is 6.46. The Bertz CT molecular complexity index is 903. The molecule has 3 rings (SSSR count). The molecule has 0 spiro atoms. The molecule has 0 atom stereocenters. The first-order valence-corrected chi connectivity index (χ1v) is 10.3. The highest BCUT2D eigenvalue weighted by Crippen LogP contribution is 2.28. The SMILES string of the molecule is CC(=N)SC(=N)c1ccc2cnc(NC(=O)C3CCC(N(C)C)CC3)cc2c1. The zero-order chi connectivity index (χ0) is 20.3. The van der Waals surface area contributed by atoms with E-state index in [0.717, 1.165) is 53.8 Å². The Hall–Kier alpha value is -2.25. The predicted molar refractivity (Wildman–Crippen MR) is 118 cm³/mol. The average Bonchev–Trinajstić information content (AvgIpc) is 2.67. The summed E-state index contributed by atoms with van der Waals surface area (Å²) in [5, 5.41) is 21.2. The Morgan fingerprint density at radius 1 is 1.14 bits per heavy atom. The van der Waals surface area contributed by atoms with Gasteiger partial charge in [-0.3, -0.25) is 15.6 Å². The molecule has 0 unspecified atom stereocenters. The topological polar surface area (TPSA) is 92.9 Å². The number of nitrogens with one attached hydrogen (secondary N) is 3. The maximum atomic E-state index is 12.7. The monoisotopic (exact) mass is 397 g/mol. The molecule has 1 aliphatic rings. The molecule has 1 fully saturated rings. The number of carbonyl (C=O) groups excluding carboxylic acids is 1. The molecule has 148 valence electrons. The van der Waals surface area contributed by atoms with E-state index in [1.165, 1.54) is 0 Å². The van der Waals surface area contributed by atoms with Gasteiger partial charge in [-0.15, -0.1) is 0 Å². The number of aromatic nitrogens is 1. The summed E-state index contributed by atoms with van der Waals surface area (Å²) >= 11 is 1.13. The first-order chi connectivity index (χ1) is 13.3. The first-order valence-electron chi connectivity index (χ1n) is 9.52. The van der Waals surface area contributed by atoms with Crippen LogP contribution in [-0.2, 0) is 4.79 Å². The van der Waals surface area contributed by atoms with Gasteiger partial charge in [0.15, 0.2) is 0 Å². The van der Waals surface area contributed by atoms with Crippen molar-refractivity contribution in [2.45, 2.75) is 38.6 Å². The number of fused-ring (bicyclic) bond motifs is 1. The van der Waals surface area contributed by atoms with Crippen LogP contribution >= 0.6 is 11.8 Å². The summed E-state index contributed by atoms with van der Waals surface area (Å²) < 4.78 is 0. The lowest BCUT2D eigenvalue weighted by molar-refractivity contribution is -0.121. The van der Waals surface area contributed by atoms with Crippen LogP contribution in [0.1, 0.15) is 38.2 Å². The molecule has 3 N–H and O–H groups in total. The maximum Gasteiger partial charge on any atom is 0.228 e. The van der Waals surface area contributed by atoms with E-state index in [4.69, 9.17) is 10.8 Å². The van der Waals surface area contributed by atoms with E-state index in [2.05, 4.69) is 29.3 Å². The highest BCUT2D eigenvalue weighted by atomic mass is 32.2. The fraction of sp³-hybridized carbons (Fsp3) is 0.429. The summed E-state index contributed by atoms with van der Waals surface area (Å²) in [6.45, 7) is 1.67. The third-order valence-electron chi connectivity index (χ3n) is 5.29. The minimum Gasteiger partial charge on any atom is -0.310 e. The highest BCUT2D eigenvalue weighted by molar-refractivity contribution is 8.26. The number of anilines is 1. The van der Waals surface area contributed by atoms with Crippen LogP contribution in [0.15, 0.2) is 30.5 Å². The molecule has 1 aliphatic carbocycles. The number of pyridine rings is 1. The van der Waals surface area contributed by atoms with Crippen molar-refractivity contribution in [1.82, 2.24) is 9.88 Å². The summed E-state index contributed by atoms with van der Waals surface area (Å²) in [7, 11) is 4.19. The van der Waals surface area contributed by atoms with Crippen molar-refractivity contribution in [1.29, 1.82) is 10.8 Å². The molecule has 0 radical (unpaired) electrons. The molecule has 1 heterocycles. The molecular weight excluding hydrogens is 370 g/mol. The van der Waals surface area contributed by atoms with Gasteiger partial charge in [-0.1, -0.05) is 23.9 Å². The van der Waals surface area contributed by atoms with Crippen molar-refractivity contribution in [2.75, 3.05) is 19.4 Å². The fourth-order valence-corrected chi connectivity index (χ4v) is 4.20. The van der Waals surface area contributed by atoms with Crippen LogP contribution < -0.4 is 5.32 Å². The first kappa shape index (κ1) is 20.5. The van der Waals surface area contributed by atoms with Crippen LogP contribution in [-0.4, -0.2) is 46.0 Å². The molecule has 0 saturated heterocycles. The van der Waals surface area contributed by atoms with E-state index >= 15 is 0 Å². The summed E-state index contributed by atoms with van der Waals surface area (Å²) in [5.41, 5.74) is 0.759. The van der Waals surface area contributed by atoms with Crippen LogP contribution in [0, 0.1) is 16.7 Å². The Labute approximate surface area is 170 Å². The van der Waals surface area contributed by atoms with Gasteiger partial charge in [0.2, 0.25) is 5.91 Å². The number of hydrogen-bond acceptors (Lipinski definition) is 6. The number of rotatable bonds is 4. The molecule has 28 heavy (non-hydrogen) atoms. The number of hydrogen-bond donors (Lipinski definition) is 3. The van der Waals surface area contributed by atoms with Crippen molar-refractivity contribution in [3.63, 3.8) is 0 Å². The smallest absolute Gasteiger partial charge is 0.228 e. The summed E-state index contributed by atoms with van der Waals surface area (Å²) in [6, 6.07) is 8.12. The molecule has 1 saturated carbocycles. The second kappa shape index (κ2) is 8.84. The quantitative estimate of drug-likeness (QED) is 0.528. The molecule has 0 bridgehead atoms. The number of benzene rings is 1. The van der Waals surface area contributed by atoms with E-state index in [1.54, 1.807) is 13.1 Å². The minimum atomic E-state index is 0.0418. The Balaban J connectivity index is 1.70. The molecule has 1 amide bonds. The van der Waals surface area contributed by atoms with Crippen molar-refractivity contribution in [3.8, 4) is 0 Å². The van der Waals surface area contributed by atoms with E-state index < -0.39 is 0 Å². The second-order valence-electron chi connectivity index (χ2n) is 7.58. The summed E-state index contributed by atoms with van der Waals surface area (Å²) in [4.78, 5) is 19.3. The summed E-state index contributed by atoms with van der Waals surface area (Å²) in [5.74, 6) is 0.634. The van der Waals surface area contributed by atoms with Gasteiger partial charge in [-0.25, -0.2) is 4.98 Å². The lowest BCUT2D eigenvalue weighted by Crippen LogP contribution is -2.35.